The number of ether oxygens (including phenoxy) is 1. The molecule has 2 atom stereocenters. The largest absolute Gasteiger partial charge is 0.416 e. The standard InChI is InChI=1S/C27H32F3NO3/c1-15(34-4)24-23(25(33)17-9-11-18(12-10-17)27(28,29)30)21(16-7-5-6-8-16)22-19(31-24)13-26(2,3)14-20(22)32/h9-12,15-16,21,31H,5-8,13-14H2,1-4H3. The maximum Gasteiger partial charge on any atom is 0.416 e. The molecule has 1 fully saturated rings. The third kappa shape index (κ3) is 4.59. The van der Waals surface area contributed by atoms with Crippen molar-refractivity contribution >= 4 is 11.6 Å². The van der Waals surface area contributed by atoms with E-state index >= 15 is 0 Å². The quantitative estimate of drug-likeness (QED) is 0.513. The molecule has 4 nitrogen and oxygen atoms in total. The maximum absolute atomic E-state index is 13.9. The SMILES string of the molecule is COC(C)C1=C(C(=O)c2ccc(C(F)(F)F)cc2)C(C2CCCC2)C2=C(CC(C)(C)CC2=O)N1. The average Bonchev–Trinajstić information content (AvgIpc) is 3.30. The van der Waals surface area contributed by atoms with Crippen molar-refractivity contribution in [2.24, 2.45) is 17.3 Å². The third-order valence-electron chi connectivity index (χ3n) is 7.47. The Bertz CT molecular complexity index is 1040. The predicted octanol–water partition coefficient (Wildman–Crippen LogP) is 6.23. The van der Waals surface area contributed by atoms with E-state index in [9.17, 15) is 22.8 Å². The second-order valence-electron chi connectivity index (χ2n) is 10.6. The van der Waals surface area contributed by atoms with Gasteiger partial charge in [-0.1, -0.05) is 38.8 Å². The molecule has 4 rings (SSSR count). The normalized spacial score (nSPS) is 24.2. The zero-order valence-corrected chi connectivity index (χ0v) is 20.1. The van der Waals surface area contributed by atoms with Gasteiger partial charge in [-0.05, 0) is 49.7 Å². The minimum atomic E-state index is -4.48. The number of rotatable bonds is 5. The summed E-state index contributed by atoms with van der Waals surface area (Å²) in [5.74, 6) is -0.520. The van der Waals surface area contributed by atoms with E-state index in [-0.39, 0.29) is 34.4 Å². The van der Waals surface area contributed by atoms with Gasteiger partial charge >= 0.3 is 6.18 Å². The van der Waals surface area contributed by atoms with Crippen LogP contribution in [-0.4, -0.2) is 24.8 Å². The highest BCUT2D eigenvalue weighted by molar-refractivity contribution is 6.12. The van der Waals surface area contributed by atoms with Crippen LogP contribution < -0.4 is 5.32 Å². The average molecular weight is 476 g/mol. The van der Waals surface area contributed by atoms with Gasteiger partial charge < -0.3 is 10.1 Å². The number of ketones is 2. The number of Topliss-reactive ketones (excluding diaryl/α,β-unsaturated/α-hetero) is 2. The van der Waals surface area contributed by atoms with Crippen molar-refractivity contribution in [2.45, 2.75) is 71.6 Å². The van der Waals surface area contributed by atoms with Gasteiger partial charge in [0.15, 0.2) is 11.6 Å². The Morgan fingerprint density at radius 3 is 2.29 bits per heavy atom. The monoisotopic (exact) mass is 475 g/mol. The summed E-state index contributed by atoms with van der Waals surface area (Å²) in [6, 6.07) is 4.34. The molecule has 1 heterocycles. The lowest BCUT2D eigenvalue weighted by atomic mass is 9.65. The lowest BCUT2D eigenvalue weighted by Gasteiger charge is -2.42. The zero-order valence-electron chi connectivity index (χ0n) is 20.1. The number of alkyl halides is 3. The highest BCUT2D eigenvalue weighted by atomic mass is 19.4. The molecule has 0 radical (unpaired) electrons. The van der Waals surface area contributed by atoms with E-state index < -0.39 is 17.8 Å². The lowest BCUT2D eigenvalue weighted by molar-refractivity contribution is -0.137. The molecule has 1 aromatic rings. The van der Waals surface area contributed by atoms with Crippen LogP contribution in [0.15, 0.2) is 46.8 Å². The van der Waals surface area contributed by atoms with Crippen LogP contribution in [0.25, 0.3) is 0 Å². The Morgan fingerprint density at radius 2 is 1.74 bits per heavy atom. The molecule has 0 aromatic heterocycles. The van der Waals surface area contributed by atoms with Crippen LogP contribution in [0.4, 0.5) is 13.2 Å². The molecule has 0 amide bonds. The molecule has 0 spiro atoms. The molecular weight excluding hydrogens is 443 g/mol. The summed E-state index contributed by atoms with van der Waals surface area (Å²) in [7, 11) is 1.56. The van der Waals surface area contributed by atoms with E-state index in [0.717, 1.165) is 43.5 Å². The first-order valence-electron chi connectivity index (χ1n) is 11.9. The summed E-state index contributed by atoms with van der Waals surface area (Å²) in [5.41, 5.74) is 1.82. The first-order valence-corrected chi connectivity index (χ1v) is 11.9. The third-order valence-corrected chi connectivity index (χ3v) is 7.47. The fourth-order valence-electron chi connectivity index (χ4n) is 5.78. The predicted molar refractivity (Wildman–Crippen MR) is 123 cm³/mol. The molecule has 34 heavy (non-hydrogen) atoms. The Balaban J connectivity index is 1.85. The number of carbonyl (C=O) groups excluding carboxylic acids is 2. The van der Waals surface area contributed by atoms with Crippen LogP contribution in [-0.2, 0) is 15.7 Å². The maximum atomic E-state index is 13.9. The number of hydrogen-bond acceptors (Lipinski definition) is 4. The molecule has 1 aliphatic heterocycles. The second-order valence-corrected chi connectivity index (χ2v) is 10.6. The molecule has 0 saturated heterocycles. The number of methoxy groups -OCH3 is 1. The van der Waals surface area contributed by atoms with Crippen molar-refractivity contribution in [3.63, 3.8) is 0 Å². The number of halogens is 3. The number of benzene rings is 1. The van der Waals surface area contributed by atoms with Gasteiger partial charge in [-0.15, -0.1) is 0 Å². The number of hydrogen-bond donors (Lipinski definition) is 1. The van der Waals surface area contributed by atoms with Gasteiger partial charge in [0.05, 0.1) is 17.4 Å². The van der Waals surface area contributed by atoms with Gasteiger partial charge in [0.1, 0.15) is 0 Å². The van der Waals surface area contributed by atoms with E-state index in [4.69, 9.17) is 4.74 Å². The molecule has 184 valence electrons. The van der Waals surface area contributed by atoms with Gasteiger partial charge in [0, 0.05) is 41.9 Å². The minimum absolute atomic E-state index is 0.0532. The highest BCUT2D eigenvalue weighted by Gasteiger charge is 2.46. The lowest BCUT2D eigenvalue weighted by Crippen LogP contribution is -2.43. The summed E-state index contributed by atoms with van der Waals surface area (Å²) in [6.45, 7) is 5.97. The first-order chi connectivity index (χ1) is 15.9. The Labute approximate surface area is 198 Å². The van der Waals surface area contributed by atoms with E-state index in [1.807, 2.05) is 6.92 Å². The fourth-order valence-corrected chi connectivity index (χ4v) is 5.78. The van der Waals surface area contributed by atoms with Crippen molar-refractivity contribution in [1.29, 1.82) is 0 Å². The molecule has 0 bridgehead atoms. The summed E-state index contributed by atoms with van der Waals surface area (Å²) >= 11 is 0. The summed E-state index contributed by atoms with van der Waals surface area (Å²) < 4.78 is 44.9. The van der Waals surface area contributed by atoms with Gasteiger partial charge in [-0.25, -0.2) is 0 Å². The van der Waals surface area contributed by atoms with Gasteiger partial charge in [-0.2, -0.15) is 13.2 Å². The van der Waals surface area contributed by atoms with Crippen molar-refractivity contribution in [3.05, 3.63) is 57.9 Å². The number of dihydropyridines is 1. The van der Waals surface area contributed by atoms with E-state index in [1.165, 1.54) is 12.1 Å². The van der Waals surface area contributed by atoms with E-state index in [0.29, 0.717) is 29.7 Å². The Kier molecular flexibility index (Phi) is 6.53. The highest BCUT2D eigenvalue weighted by Crippen LogP contribution is 2.49. The van der Waals surface area contributed by atoms with E-state index in [1.54, 1.807) is 7.11 Å². The van der Waals surface area contributed by atoms with Crippen molar-refractivity contribution < 1.29 is 27.5 Å². The topological polar surface area (TPSA) is 55.4 Å². The summed E-state index contributed by atoms with van der Waals surface area (Å²) in [5, 5.41) is 3.39. The molecule has 1 saturated carbocycles. The molecule has 2 unspecified atom stereocenters. The van der Waals surface area contributed by atoms with Crippen LogP contribution in [0.5, 0.6) is 0 Å². The fraction of sp³-hybridized carbons (Fsp3) is 0.556. The minimum Gasteiger partial charge on any atom is -0.376 e. The number of allylic oxidation sites excluding steroid dienone is 3. The smallest absolute Gasteiger partial charge is 0.376 e. The molecular formula is C27H32F3NO3. The summed E-state index contributed by atoms with van der Waals surface area (Å²) in [6.07, 6.45) is 0.0871. The summed E-state index contributed by atoms with van der Waals surface area (Å²) in [4.78, 5) is 27.3. The molecule has 7 heteroatoms. The second kappa shape index (κ2) is 8.99. The zero-order chi connectivity index (χ0) is 24.8. The first kappa shape index (κ1) is 24.7. The number of carbonyl (C=O) groups is 2. The van der Waals surface area contributed by atoms with E-state index in [2.05, 4.69) is 19.2 Å². The van der Waals surface area contributed by atoms with Crippen LogP contribution in [0.2, 0.25) is 0 Å². The number of nitrogens with one attached hydrogen (secondary N) is 1. The van der Waals surface area contributed by atoms with Crippen LogP contribution >= 0.6 is 0 Å². The van der Waals surface area contributed by atoms with Crippen LogP contribution in [0.1, 0.15) is 75.2 Å². The van der Waals surface area contributed by atoms with Crippen LogP contribution in [0.3, 0.4) is 0 Å². The molecule has 2 aliphatic carbocycles. The Hall–Kier alpha value is -2.41. The Morgan fingerprint density at radius 1 is 1.12 bits per heavy atom. The molecule has 3 aliphatic rings. The molecule has 1 N–H and O–H groups in total. The van der Waals surface area contributed by atoms with Crippen molar-refractivity contribution in [2.75, 3.05) is 7.11 Å². The van der Waals surface area contributed by atoms with Gasteiger partial charge in [0.2, 0.25) is 0 Å². The van der Waals surface area contributed by atoms with Crippen molar-refractivity contribution in [3.8, 4) is 0 Å². The van der Waals surface area contributed by atoms with Gasteiger partial charge in [-0.3, -0.25) is 9.59 Å². The van der Waals surface area contributed by atoms with Crippen molar-refractivity contribution in [1.82, 2.24) is 5.32 Å². The molecule has 1 aromatic carbocycles. The van der Waals surface area contributed by atoms with Crippen LogP contribution in [0, 0.1) is 17.3 Å². The van der Waals surface area contributed by atoms with Gasteiger partial charge in [0.25, 0.3) is 0 Å².